The van der Waals surface area contributed by atoms with Gasteiger partial charge in [-0.2, -0.15) is 31.6 Å². The molecule has 0 N–H and O–H groups in total. The molecular formula is C46H42ClF8N7O3. The number of hydrogen-bond acceptors (Lipinski definition) is 7. The maximum atomic E-state index is 15.2. The fourth-order valence-corrected chi connectivity index (χ4v) is 10.6. The number of hydrogen-bond donors (Lipinski definition) is 0. The Balaban J connectivity index is 1.11. The Morgan fingerprint density at radius 3 is 2.23 bits per heavy atom. The molecule has 0 unspecified atom stereocenters. The van der Waals surface area contributed by atoms with Crippen LogP contribution >= 0.6 is 11.6 Å². The van der Waals surface area contributed by atoms with Crippen LogP contribution in [0.4, 0.5) is 58.1 Å². The molecule has 10 nitrogen and oxygen atoms in total. The van der Waals surface area contributed by atoms with Crippen molar-refractivity contribution in [2.45, 2.75) is 83.2 Å². The predicted octanol–water partition coefficient (Wildman–Crippen LogP) is 9.59. The largest absolute Gasteiger partial charge is 0.417 e. The zero-order valence-electron chi connectivity index (χ0n) is 35.5. The molecule has 3 amide bonds. The molecule has 65 heavy (non-hydrogen) atoms. The topological polar surface area (TPSA) is 114 Å². The molecule has 6 atom stereocenters. The Labute approximate surface area is 373 Å². The Bertz CT molecular complexity index is 2650. The third-order valence-electron chi connectivity index (χ3n) is 13.6. The van der Waals surface area contributed by atoms with E-state index >= 15 is 4.39 Å². The van der Waals surface area contributed by atoms with Gasteiger partial charge in [0.15, 0.2) is 5.82 Å². The van der Waals surface area contributed by atoms with Crippen LogP contribution in [0.5, 0.6) is 0 Å². The summed E-state index contributed by atoms with van der Waals surface area (Å²) < 4.78 is 115. The summed E-state index contributed by atoms with van der Waals surface area (Å²) in [4.78, 5) is 56.1. The number of halogens is 9. The monoisotopic (exact) mass is 927 g/mol. The molecule has 0 spiro atoms. The molecule has 2 aromatic carbocycles. The normalized spacial score (nSPS) is 22.9. The average molecular weight is 928 g/mol. The fraction of sp³-hybridized carbons (Fsp3) is 0.435. The SMILES string of the molecule is Cc1cc(C(F)(F)F)cc(N2C(=O)[C@@H]3CCC[C@@H]3[C@H]2C(=O)N(C)c2ccc(Cc3cc(C(F)(F)F)c(C#N)c(N4C[C@@H]5CCC[C@@H]5[C@H]4C(=O)N(C)c4ccc(F)c(Cl)c4F)n3)c(C)c2)n1. The van der Waals surface area contributed by atoms with E-state index in [2.05, 4.69) is 9.97 Å². The van der Waals surface area contributed by atoms with Crippen LogP contribution in [0, 0.1) is 60.5 Å². The number of pyridine rings is 2. The van der Waals surface area contributed by atoms with Crippen molar-refractivity contribution in [3.63, 3.8) is 0 Å². The van der Waals surface area contributed by atoms with Gasteiger partial charge in [-0.3, -0.25) is 19.3 Å². The van der Waals surface area contributed by atoms with Crippen LogP contribution in [0.3, 0.4) is 0 Å². The van der Waals surface area contributed by atoms with Crippen LogP contribution in [-0.2, 0) is 33.2 Å². The number of likely N-dealkylation sites (N-methyl/N-ethyl adjacent to an activating group) is 2. The van der Waals surface area contributed by atoms with Crippen molar-refractivity contribution < 1.29 is 49.5 Å². The van der Waals surface area contributed by atoms with Crippen LogP contribution in [-0.4, -0.2) is 60.4 Å². The molecule has 8 rings (SSSR count). The van der Waals surface area contributed by atoms with Crippen LogP contribution in [0.25, 0.3) is 0 Å². The summed E-state index contributed by atoms with van der Waals surface area (Å²) in [5.41, 5.74) is -2.10. The first-order chi connectivity index (χ1) is 30.6. The van der Waals surface area contributed by atoms with Crippen LogP contribution in [0.15, 0.2) is 48.5 Å². The summed E-state index contributed by atoms with van der Waals surface area (Å²) in [7, 11) is 2.72. The van der Waals surface area contributed by atoms with Gasteiger partial charge in [0.2, 0.25) is 17.7 Å². The number of fused-ring (bicyclic) bond motifs is 2. The molecule has 0 radical (unpaired) electrons. The molecular weight excluding hydrogens is 886 g/mol. The van der Waals surface area contributed by atoms with Crippen molar-refractivity contribution in [2.24, 2.45) is 23.7 Å². The molecule has 2 aliphatic carbocycles. The van der Waals surface area contributed by atoms with Gasteiger partial charge >= 0.3 is 12.4 Å². The molecule has 4 fully saturated rings. The van der Waals surface area contributed by atoms with E-state index in [1.165, 1.54) is 30.8 Å². The minimum atomic E-state index is -5.02. The van der Waals surface area contributed by atoms with E-state index in [0.717, 1.165) is 46.6 Å². The van der Waals surface area contributed by atoms with E-state index in [1.54, 1.807) is 31.2 Å². The van der Waals surface area contributed by atoms with Gasteiger partial charge in [0.05, 0.1) is 16.8 Å². The number of nitrogens with zero attached hydrogens (tertiary/aromatic N) is 7. The summed E-state index contributed by atoms with van der Waals surface area (Å²) in [5, 5.41) is 9.42. The first-order valence-corrected chi connectivity index (χ1v) is 21.4. The zero-order valence-corrected chi connectivity index (χ0v) is 36.3. The molecule has 19 heteroatoms. The Morgan fingerprint density at radius 1 is 0.862 bits per heavy atom. The highest BCUT2D eigenvalue weighted by molar-refractivity contribution is 6.31. The van der Waals surface area contributed by atoms with Crippen molar-refractivity contribution in [3.8, 4) is 6.07 Å². The van der Waals surface area contributed by atoms with E-state index in [9.17, 15) is 50.4 Å². The standard InChI is InChI=1S/C46H42ClF8N7O3/c1-22-15-28(59(3)44(65)40-30-9-6-10-31(30)42(63)62(40)36-18-26(45(50,51)52)16-23(2)57-36)12-11-24(22)17-27-19-33(46(53,54)55)32(20-56)41(58-27)61-21-25-7-5-8-29(25)39(61)43(64)60(4)35-14-13-34(48)37(47)38(35)49/h11-16,18-19,25,29-31,39-40H,5-10,17,21H2,1-4H3/t25-,29-,30-,31+,39-,40-/m0/s1. The van der Waals surface area contributed by atoms with Gasteiger partial charge < -0.3 is 14.7 Å². The second kappa shape index (κ2) is 16.9. The molecule has 4 aromatic rings. The third kappa shape index (κ3) is 8.14. The third-order valence-corrected chi connectivity index (χ3v) is 13.9. The highest BCUT2D eigenvalue weighted by Crippen LogP contribution is 2.48. The lowest BCUT2D eigenvalue weighted by molar-refractivity contribution is -0.138. The first kappa shape index (κ1) is 45.7. The minimum absolute atomic E-state index is 0.0184. The number of rotatable bonds is 8. The van der Waals surface area contributed by atoms with Gasteiger partial charge in [0, 0.05) is 56.0 Å². The molecule has 2 saturated heterocycles. The zero-order chi connectivity index (χ0) is 47.0. The number of benzene rings is 2. The Kier molecular flexibility index (Phi) is 11.9. The van der Waals surface area contributed by atoms with Gasteiger partial charge in [-0.05, 0) is 105 Å². The number of carbonyl (C=O) groups is 3. The number of alkyl halides is 6. The maximum absolute atomic E-state index is 15.2. The number of nitriles is 1. The average Bonchev–Trinajstić information content (AvgIpc) is 4.04. The minimum Gasteiger partial charge on any atom is -0.343 e. The smallest absolute Gasteiger partial charge is 0.343 e. The molecule has 2 aliphatic heterocycles. The van der Waals surface area contributed by atoms with Gasteiger partial charge in [-0.1, -0.05) is 30.5 Å². The van der Waals surface area contributed by atoms with Gasteiger partial charge in [-0.25, -0.2) is 18.7 Å². The van der Waals surface area contributed by atoms with Crippen molar-refractivity contribution >= 4 is 52.3 Å². The number of aryl methyl sites for hydroxylation is 2. The predicted molar refractivity (Wildman–Crippen MR) is 224 cm³/mol. The summed E-state index contributed by atoms with van der Waals surface area (Å²) >= 11 is 5.82. The number of anilines is 4. The summed E-state index contributed by atoms with van der Waals surface area (Å²) in [6.07, 6.45) is -6.38. The lowest BCUT2D eigenvalue weighted by Crippen LogP contribution is -2.48. The number of carbonyl (C=O) groups excluding carboxylic acids is 3. The highest BCUT2D eigenvalue weighted by atomic mass is 35.5. The van der Waals surface area contributed by atoms with E-state index in [1.807, 2.05) is 0 Å². The van der Waals surface area contributed by atoms with Crippen LogP contribution in [0.2, 0.25) is 5.02 Å². The van der Waals surface area contributed by atoms with E-state index in [0.29, 0.717) is 48.9 Å². The van der Waals surface area contributed by atoms with Gasteiger partial charge in [-0.15, -0.1) is 0 Å². The summed E-state index contributed by atoms with van der Waals surface area (Å²) in [5.74, 6) is -6.17. The van der Waals surface area contributed by atoms with Crippen molar-refractivity contribution in [3.05, 3.63) is 104 Å². The second-order valence-electron chi connectivity index (χ2n) is 17.4. The second-order valence-corrected chi connectivity index (χ2v) is 17.8. The molecule has 342 valence electrons. The maximum Gasteiger partial charge on any atom is 0.417 e. The number of aromatic nitrogens is 2. The lowest BCUT2D eigenvalue weighted by atomic mass is 9.92. The van der Waals surface area contributed by atoms with Crippen molar-refractivity contribution in [1.82, 2.24) is 9.97 Å². The van der Waals surface area contributed by atoms with Gasteiger partial charge in [0.25, 0.3) is 0 Å². The van der Waals surface area contributed by atoms with Crippen molar-refractivity contribution in [1.29, 1.82) is 5.26 Å². The quantitative estimate of drug-likeness (QED) is 0.128. The van der Waals surface area contributed by atoms with E-state index in [4.69, 9.17) is 11.6 Å². The molecule has 2 aromatic heterocycles. The molecule has 2 saturated carbocycles. The lowest BCUT2D eigenvalue weighted by Gasteiger charge is -2.32. The van der Waals surface area contributed by atoms with E-state index in [-0.39, 0.29) is 53.5 Å². The first-order valence-electron chi connectivity index (χ1n) is 21.1. The van der Waals surface area contributed by atoms with Crippen LogP contribution < -0.4 is 19.6 Å². The summed E-state index contributed by atoms with van der Waals surface area (Å²) in [6, 6.07) is 8.50. The van der Waals surface area contributed by atoms with Crippen LogP contribution in [0.1, 0.15) is 77.7 Å². The fourth-order valence-electron chi connectivity index (χ4n) is 10.4. The van der Waals surface area contributed by atoms with E-state index < -0.39 is 87.3 Å². The Morgan fingerprint density at radius 2 is 1.55 bits per heavy atom. The number of amides is 3. The molecule has 0 bridgehead atoms. The summed E-state index contributed by atoms with van der Waals surface area (Å²) in [6.45, 7) is 3.14. The van der Waals surface area contributed by atoms with Gasteiger partial charge in [0.1, 0.15) is 46.2 Å². The Hall–Kier alpha value is -5.83. The molecule has 4 heterocycles. The molecule has 4 aliphatic rings. The van der Waals surface area contributed by atoms with Crippen molar-refractivity contribution in [2.75, 3.05) is 40.2 Å². The highest BCUT2D eigenvalue weighted by Gasteiger charge is 2.55.